The van der Waals surface area contributed by atoms with Crippen molar-refractivity contribution in [3.05, 3.63) is 62.1 Å². The standard InChI is InChI=1S/C15H12N2O6/c1-8-3-4-10-13(5-8)22-15(19)16(10)23-14-6-9(2)11(17(20)21)7-12(14)18/h3-7,18H,1-2H3. The minimum atomic E-state index is -0.763. The molecule has 2 aromatic carbocycles. The molecule has 0 saturated heterocycles. The average Bonchev–Trinajstić information content (AvgIpc) is 2.77. The fourth-order valence-electron chi connectivity index (χ4n) is 2.22. The minimum absolute atomic E-state index is 0.0847. The Morgan fingerprint density at radius 3 is 2.70 bits per heavy atom. The van der Waals surface area contributed by atoms with Gasteiger partial charge in [-0.2, -0.15) is 0 Å². The lowest BCUT2D eigenvalue weighted by Gasteiger charge is -2.08. The molecule has 118 valence electrons. The first kappa shape index (κ1) is 14.6. The average molecular weight is 316 g/mol. The Morgan fingerprint density at radius 2 is 2.00 bits per heavy atom. The summed E-state index contributed by atoms with van der Waals surface area (Å²) >= 11 is 0. The number of oxazole rings is 1. The van der Waals surface area contributed by atoms with E-state index in [2.05, 4.69) is 0 Å². The van der Waals surface area contributed by atoms with Gasteiger partial charge >= 0.3 is 5.76 Å². The molecule has 3 aromatic rings. The first-order valence-electron chi connectivity index (χ1n) is 6.65. The predicted molar refractivity (Wildman–Crippen MR) is 80.7 cm³/mol. The zero-order valence-electron chi connectivity index (χ0n) is 12.3. The summed E-state index contributed by atoms with van der Waals surface area (Å²) in [5.74, 6) is -1.30. The molecule has 8 heteroatoms. The summed E-state index contributed by atoms with van der Waals surface area (Å²) in [6.07, 6.45) is 0. The molecule has 0 bridgehead atoms. The van der Waals surface area contributed by atoms with E-state index in [0.29, 0.717) is 16.7 Å². The van der Waals surface area contributed by atoms with Gasteiger partial charge in [-0.15, -0.1) is 4.73 Å². The highest BCUT2D eigenvalue weighted by molar-refractivity contribution is 5.73. The molecule has 0 spiro atoms. The number of aromatic nitrogens is 1. The molecular weight excluding hydrogens is 304 g/mol. The number of rotatable bonds is 3. The summed E-state index contributed by atoms with van der Waals surface area (Å²) in [4.78, 5) is 27.5. The number of aromatic hydroxyl groups is 1. The van der Waals surface area contributed by atoms with Crippen molar-refractivity contribution in [3.63, 3.8) is 0 Å². The van der Waals surface area contributed by atoms with E-state index in [1.807, 2.05) is 6.92 Å². The topological polar surface area (TPSA) is 108 Å². The minimum Gasteiger partial charge on any atom is -0.504 e. The lowest BCUT2D eigenvalue weighted by atomic mass is 10.2. The van der Waals surface area contributed by atoms with Crippen LogP contribution in [0.1, 0.15) is 11.1 Å². The Kier molecular flexibility index (Phi) is 3.29. The van der Waals surface area contributed by atoms with Crippen LogP contribution in [0.2, 0.25) is 0 Å². The van der Waals surface area contributed by atoms with Crippen molar-refractivity contribution in [2.75, 3.05) is 0 Å². The lowest BCUT2D eigenvalue weighted by molar-refractivity contribution is -0.385. The van der Waals surface area contributed by atoms with Crippen LogP contribution < -0.4 is 10.6 Å². The number of nitrogens with zero attached hydrogens (tertiary/aromatic N) is 2. The maximum Gasteiger partial charge on any atom is 0.453 e. The maximum absolute atomic E-state index is 11.9. The SMILES string of the molecule is Cc1ccc2c(c1)oc(=O)n2Oc1cc(C)c([N+](=O)[O-])cc1O. The van der Waals surface area contributed by atoms with Gasteiger partial charge in [0.2, 0.25) is 0 Å². The predicted octanol–water partition coefficient (Wildman–Crippen LogP) is 2.67. The van der Waals surface area contributed by atoms with E-state index in [9.17, 15) is 20.0 Å². The molecule has 0 unspecified atom stereocenters. The van der Waals surface area contributed by atoms with Crippen molar-refractivity contribution in [2.45, 2.75) is 13.8 Å². The van der Waals surface area contributed by atoms with E-state index >= 15 is 0 Å². The molecule has 0 saturated carbocycles. The molecule has 0 aliphatic rings. The van der Waals surface area contributed by atoms with Crippen molar-refractivity contribution in [2.24, 2.45) is 0 Å². The lowest BCUT2D eigenvalue weighted by Crippen LogP contribution is -2.19. The molecule has 1 N–H and O–H groups in total. The molecule has 0 amide bonds. The molecule has 0 fully saturated rings. The largest absolute Gasteiger partial charge is 0.504 e. The first-order chi connectivity index (χ1) is 10.9. The van der Waals surface area contributed by atoms with E-state index in [-0.39, 0.29) is 11.4 Å². The second kappa shape index (κ2) is 5.16. The van der Waals surface area contributed by atoms with Crippen molar-refractivity contribution in [1.82, 2.24) is 4.73 Å². The molecular formula is C15H12N2O6. The van der Waals surface area contributed by atoms with E-state index < -0.39 is 16.4 Å². The van der Waals surface area contributed by atoms with Crippen LogP contribution in [0.5, 0.6) is 11.5 Å². The third-order valence-electron chi connectivity index (χ3n) is 3.36. The van der Waals surface area contributed by atoms with Gasteiger partial charge in [-0.3, -0.25) is 10.1 Å². The highest BCUT2D eigenvalue weighted by Crippen LogP contribution is 2.33. The summed E-state index contributed by atoms with van der Waals surface area (Å²) < 4.78 is 5.96. The molecule has 8 nitrogen and oxygen atoms in total. The van der Waals surface area contributed by atoms with E-state index in [0.717, 1.165) is 16.4 Å². The molecule has 1 heterocycles. The number of fused-ring (bicyclic) bond motifs is 1. The van der Waals surface area contributed by atoms with Crippen molar-refractivity contribution in [3.8, 4) is 11.5 Å². The first-order valence-corrected chi connectivity index (χ1v) is 6.65. The van der Waals surface area contributed by atoms with E-state index in [1.165, 1.54) is 13.0 Å². The second-order valence-electron chi connectivity index (χ2n) is 5.09. The van der Waals surface area contributed by atoms with Gasteiger partial charge in [0.25, 0.3) is 5.69 Å². The summed E-state index contributed by atoms with van der Waals surface area (Å²) in [7, 11) is 0. The zero-order chi connectivity index (χ0) is 16.7. The number of phenols is 1. The van der Waals surface area contributed by atoms with Gasteiger partial charge in [-0.1, -0.05) is 6.07 Å². The quantitative estimate of drug-likeness (QED) is 0.588. The van der Waals surface area contributed by atoms with Gasteiger partial charge < -0.3 is 14.4 Å². The van der Waals surface area contributed by atoms with Crippen molar-refractivity contribution in [1.29, 1.82) is 0 Å². The van der Waals surface area contributed by atoms with Crippen LogP contribution in [-0.2, 0) is 0 Å². The van der Waals surface area contributed by atoms with Crippen molar-refractivity contribution >= 4 is 16.8 Å². The fraction of sp³-hybridized carbons (Fsp3) is 0.133. The van der Waals surface area contributed by atoms with E-state index in [1.54, 1.807) is 18.2 Å². The smallest absolute Gasteiger partial charge is 0.453 e. The van der Waals surface area contributed by atoms with E-state index in [4.69, 9.17) is 9.25 Å². The van der Waals surface area contributed by atoms with Crippen LogP contribution >= 0.6 is 0 Å². The molecule has 0 aliphatic heterocycles. The van der Waals surface area contributed by atoms with Gasteiger partial charge in [-0.25, -0.2) is 4.79 Å². The number of nitro benzene ring substituents is 1. The fourth-order valence-corrected chi connectivity index (χ4v) is 2.22. The highest BCUT2D eigenvalue weighted by Gasteiger charge is 2.18. The number of benzene rings is 2. The summed E-state index contributed by atoms with van der Waals surface area (Å²) in [5.41, 5.74) is 1.69. The normalized spacial score (nSPS) is 10.9. The molecule has 0 atom stereocenters. The molecule has 1 aromatic heterocycles. The number of hydrogen-bond donors (Lipinski definition) is 1. The van der Waals surface area contributed by atoms with Gasteiger partial charge in [0.15, 0.2) is 17.1 Å². The Labute approximate surface area is 129 Å². The molecule has 0 aliphatic carbocycles. The highest BCUT2D eigenvalue weighted by atomic mass is 16.7. The third-order valence-corrected chi connectivity index (χ3v) is 3.36. The third kappa shape index (κ3) is 2.50. The van der Waals surface area contributed by atoms with Gasteiger partial charge in [0, 0.05) is 5.56 Å². The monoisotopic (exact) mass is 316 g/mol. The maximum atomic E-state index is 11.9. The van der Waals surface area contributed by atoms with Gasteiger partial charge in [-0.05, 0) is 37.6 Å². The second-order valence-corrected chi connectivity index (χ2v) is 5.09. The Hall–Kier alpha value is -3.29. The van der Waals surface area contributed by atoms with Crippen LogP contribution in [0.4, 0.5) is 5.69 Å². The number of nitro groups is 1. The number of hydrogen-bond acceptors (Lipinski definition) is 6. The molecule has 3 rings (SSSR count). The summed E-state index contributed by atoms with van der Waals surface area (Å²) in [6, 6.07) is 7.36. The van der Waals surface area contributed by atoms with Crippen LogP contribution in [-0.4, -0.2) is 14.8 Å². The van der Waals surface area contributed by atoms with Crippen molar-refractivity contribution < 1.29 is 19.3 Å². The zero-order valence-corrected chi connectivity index (χ0v) is 12.3. The Morgan fingerprint density at radius 1 is 1.26 bits per heavy atom. The number of phenolic OH excluding ortho intramolecular Hbond substituents is 1. The van der Waals surface area contributed by atoms with Crippen LogP contribution in [0.15, 0.2) is 39.5 Å². The van der Waals surface area contributed by atoms with Gasteiger partial charge in [0.1, 0.15) is 5.52 Å². The number of aryl methyl sites for hydroxylation is 2. The van der Waals surface area contributed by atoms with Crippen LogP contribution in [0, 0.1) is 24.0 Å². The summed E-state index contributed by atoms with van der Waals surface area (Å²) in [5, 5.41) is 20.7. The molecule has 23 heavy (non-hydrogen) atoms. The Balaban J connectivity index is 2.09. The summed E-state index contributed by atoms with van der Waals surface area (Å²) in [6.45, 7) is 3.35. The Bertz CT molecular complexity index is 986. The van der Waals surface area contributed by atoms with Crippen LogP contribution in [0.3, 0.4) is 0 Å². The molecule has 0 radical (unpaired) electrons. The van der Waals surface area contributed by atoms with Gasteiger partial charge in [0.05, 0.1) is 11.0 Å². The van der Waals surface area contributed by atoms with Crippen LogP contribution in [0.25, 0.3) is 11.1 Å².